The second kappa shape index (κ2) is 5.38. The molecule has 0 fully saturated rings. The van der Waals surface area contributed by atoms with Crippen LogP contribution in [-0.2, 0) is 0 Å². The summed E-state index contributed by atoms with van der Waals surface area (Å²) in [5.41, 5.74) is 2.94. The maximum absolute atomic E-state index is 12.9. The lowest BCUT2D eigenvalue weighted by Gasteiger charge is -1.98. The Hall–Kier alpha value is -1.27. The zero-order valence-electron chi connectivity index (χ0n) is 9.81. The number of nitrogens with zero attached hydrogens (tertiary/aromatic N) is 1. The highest BCUT2D eigenvalue weighted by Crippen LogP contribution is 2.29. The summed E-state index contributed by atoms with van der Waals surface area (Å²) in [6.45, 7) is 0. The minimum absolute atomic E-state index is 0.225. The number of benzene rings is 2. The second-order valence-electron chi connectivity index (χ2n) is 4.06. The Morgan fingerprint density at radius 2 is 1.79 bits per heavy atom. The van der Waals surface area contributed by atoms with Crippen molar-refractivity contribution >= 4 is 33.9 Å². The highest BCUT2D eigenvalue weighted by atomic mass is 127. The van der Waals surface area contributed by atoms with Crippen molar-refractivity contribution in [3.05, 3.63) is 63.3 Å². The van der Waals surface area contributed by atoms with E-state index in [2.05, 4.69) is 45.8 Å². The Bertz CT molecular complexity index is 706. The lowest BCUT2D eigenvalue weighted by molar-refractivity contribution is 0.628. The van der Waals surface area contributed by atoms with Gasteiger partial charge in [0, 0.05) is 20.1 Å². The van der Waals surface area contributed by atoms with Gasteiger partial charge in [0.25, 0.3) is 0 Å². The molecular weight excluding hydrogens is 372 g/mol. The van der Waals surface area contributed by atoms with Gasteiger partial charge in [-0.3, -0.25) is 0 Å². The second-order valence-corrected chi connectivity index (χ2v) is 6.16. The lowest BCUT2D eigenvalue weighted by Crippen LogP contribution is -1.81. The van der Waals surface area contributed by atoms with Crippen LogP contribution in [0.15, 0.2) is 53.9 Å². The summed E-state index contributed by atoms with van der Waals surface area (Å²) in [7, 11) is 0. The van der Waals surface area contributed by atoms with Gasteiger partial charge in [-0.15, -0.1) is 11.3 Å². The highest BCUT2D eigenvalue weighted by molar-refractivity contribution is 14.1. The number of hydrogen-bond acceptors (Lipinski definition) is 2. The topological polar surface area (TPSA) is 12.9 Å². The number of rotatable bonds is 2. The van der Waals surface area contributed by atoms with Crippen LogP contribution in [-0.4, -0.2) is 4.98 Å². The summed E-state index contributed by atoms with van der Waals surface area (Å²) in [6.07, 6.45) is 0. The van der Waals surface area contributed by atoms with E-state index in [1.165, 1.54) is 15.7 Å². The summed E-state index contributed by atoms with van der Waals surface area (Å²) >= 11 is 3.89. The van der Waals surface area contributed by atoms with Crippen molar-refractivity contribution in [2.24, 2.45) is 0 Å². The van der Waals surface area contributed by atoms with Crippen LogP contribution in [0, 0.1) is 9.39 Å². The highest BCUT2D eigenvalue weighted by Gasteiger charge is 2.07. The first-order chi connectivity index (χ1) is 9.22. The van der Waals surface area contributed by atoms with Crippen LogP contribution in [0.25, 0.3) is 21.8 Å². The predicted octanol–water partition coefficient (Wildman–Crippen LogP) is 5.22. The summed E-state index contributed by atoms with van der Waals surface area (Å²) in [4.78, 5) is 4.61. The van der Waals surface area contributed by atoms with Crippen LogP contribution in [0.3, 0.4) is 0 Å². The average molecular weight is 381 g/mol. The third kappa shape index (κ3) is 2.84. The first kappa shape index (κ1) is 12.7. The minimum Gasteiger partial charge on any atom is -0.236 e. The third-order valence-electron chi connectivity index (χ3n) is 2.72. The van der Waals surface area contributed by atoms with Gasteiger partial charge in [0.2, 0.25) is 0 Å². The van der Waals surface area contributed by atoms with Gasteiger partial charge in [0.15, 0.2) is 0 Å². The van der Waals surface area contributed by atoms with Crippen molar-refractivity contribution in [2.75, 3.05) is 0 Å². The molecule has 1 aromatic heterocycles. The molecule has 94 valence electrons. The van der Waals surface area contributed by atoms with E-state index in [0.29, 0.717) is 0 Å². The molecule has 0 radical (unpaired) electrons. The fraction of sp³-hybridized carbons (Fsp3) is 0. The maximum Gasteiger partial charge on any atom is 0.124 e. The molecule has 0 unspecified atom stereocenters. The smallest absolute Gasteiger partial charge is 0.124 e. The van der Waals surface area contributed by atoms with Crippen LogP contribution in [0.1, 0.15) is 0 Å². The SMILES string of the molecule is Fc1ccc(-c2csc(-c3cccc(I)c3)n2)cc1. The van der Waals surface area contributed by atoms with Crippen LogP contribution >= 0.6 is 33.9 Å². The molecule has 1 nitrogen and oxygen atoms in total. The number of aromatic nitrogens is 1. The number of hydrogen-bond donors (Lipinski definition) is 0. The van der Waals surface area contributed by atoms with Gasteiger partial charge in [0.1, 0.15) is 10.8 Å². The molecular formula is C15H9FINS. The molecule has 0 aliphatic rings. The zero-order chi connectivity index (χ0) is 13.2. The molecule has 0 spiro atoms. The van der Waals surface area contributed by atoms with E-state index >= 15 is 0 Å². The third-order valence-corrected chi connectivity index (χ3v) is 4.28. The lowest BCUT2D eigenvalue weighted by atomic mass is 10.2. The van der Waals surface area contributed by atoms with E-state index in [4.69, 9.17) is 0 Å². The van der Waals surface area contributed by atoms with Gasteiger partial charge >= 0.3 is 0 Å². The van der Waals surface area contributed by atoms with E-state index in [-0.39, 0.29) is 5.82 Å². The van der Waals surface area contributed by atoms with E-state index in [0.717, 1.165) is 21.8 Å². The summed E-state index contributed by atoms with van der Waals surface area (Å²) < 4.78 is 14.1. The molecule has 3 aromatic rings. The van der Waals surface area contributed by atoms with Crippen LogP contribution in [0.4, 0.5) is 4.39 Å². The summed E-state index contributed by atoms with van der Waals surface area (Å²) in [6, 6.07) is 14.7. The fourth-order valence-electron chi connectivity index (χ4n) is 1.78. The molecule has 0 saturated heterocycles. The average Bonchev–Trinajstić information content (AvgIpc) is 2.89. The Morgan fingerprint density at radius 3 is 2.53 bits per heavy atom. The number of halogens is 2. The van der Waals surface area contributed by atoms with Crippen molar-refractivity contribution in [3.8, 4) is 21.8 Å². The van der Waals surface area contributed by atoms with Crippen molar-refractivity contribution < 1.29 is 4.39 Å². The van der Waals surface area contributed by atoms with Crippen molar-refractivity contribution in [2.45, 2.75) is 0 Å². The minimum atomic E-state index is -0.225. The molecule has 0 saturated carbocycles. The standard InChI is InChI=1S/C15H9FINS/c16-12-6-4-10(5-7-12)14-9-19-15(18-14)11-2-1-3-13(17)8-11/h1-9H. The molecule has 0 N–H and O–H groups in total. The van der Waals surface area contributed by atoms with Crippen LogP contribution in [0.2, 0.25) is 0 Å². The first-order valence-corrected chi connectivity index (χ1v) is 7.65. The van der Waals surface area contributed by atoms with E-state index in [9.17, 15) is 4.39 Å². The van der Waals surface area contributed by atoms with Gasteiger partial charge in [0.05, 0.1) is 5.69 Å². The number of thiazole rings is 1. The normalized spacial score (nSPS) is 10.6. The summed E-state index contributed by atoms with van der Waals surface area (Å²) in [5.74, 6) is -0.225. The quantitative estimate of drug-likeness (QED) is 0.555. The monoisotopic (exact) mass is 381 g/mol. The molecule has 0 bridgehead atoms. The van der Waals surface area contributed by atoms with Gasteiger partial charge in [-0.1, -0.05) is 12.1 Å². The van der Waals surface area contributed by atoms with Gasteiger partial charge in [-0.2, -0.15) is 0 Å². The Balaban J connectivity index is 1.97. The van der Waals surface area contributed by atoms with E-state index < -0.39 is 0 Å². The molecule has 0 aliphatic carbocycles. The molecule has 3 rings (SSSR count). The molecule has 0 aliphatic heterocycles. The molecule has 2 aromatic carbocycles. The molecule has 19 heavy (non-hydrogen) atoms. The first-order valence-electron chi connectivity index (χ1n) is 5.70. The molecule has 1 heterocycles. The van der Waals surface area contributed by atoms with Crippen molar-refractivity contribution in [1.29, 1.82) is 0 Å². The van der Waals surface area contributed by atoms with Gasteiger partial charge in [-0.05, 0) is 59.0 Å². The zero-order valence-corrected chi connectivity index (χ0v) is 12.8. The van der Waals surface area contributed by atoms with Crippen molar-refractivity contribution in [1.82, 2.24) is 4.98 Å². The fourth-order valence-corrected chi connectivity index (χ4v) is 3.15. The van der Waals surface area contributed by atoms with Gasteiger partial charge < -0.3 is 0 Å². The largest absolute Gasteiger partial charge is 0.236 e. The van der Waals surface area contributed by atoms with E-state index in [1.54, 1.807) is 23.5 Å². The Kier molecular flexibility index (Phi) is 3.61. The van der Waals surface area contributed by atoms with E-state index in [1.807, 2.05) is 11.4 Å². The molecule has 4 heteroatoms. The maximum atomic E-state index is 12.9. The Labute approximate surface area is 128 Å². The van der Waals surface area contributed by atoms with Crippen LogP contribution < -0.4 is 0 Å². The summed E-state index contributed by atoms with van der Waals surface area (Å²) in [5, 5.41) is 2.99. The van der Waals surface area contributed by atoms with Crippen molar-refractivity contribution in [3.63, 3.8) is 0 Å². The van der Waals surface area contributed by atoms with Crippen LogP contribution in [0.5, 0.6) is 0 Å². The molecule has 0 amide bonds. The predicted molar refractivity (Wildman–Crippen MR) is 85.7 cm³/mol. The van der Waals surface area contributed by atoms with Gasteiger partial charge in [-0.25, -0.2) is 9.37 Å². The Morgan fingerprint density at radius 1 is 1.00 bits per heavy atom. The molecule has 0 atom stereocenters.